The van der Waals surface area contributed by atoms with Crippen molar-refractivity contribution in [2.45, 2.75) is 37.8 Å². The summed E-state index contributed by atoms with van der Waals surface area (Å²) in [7, 11) is -2.06. The summed E-state index contributed by atoms with van der Waals surface area (Å²) in [6.45, 7) is 3.73. The van der Waals surface area contributed by atoms with Crippen LogP contribution in [0, 0.1) is 0 Å². The van der Waals surface area contributed by atoms with Crippen molar-refractivity contribution in [2.75, 3.05) is 7.11 Å². The highest BCUT2D eigenvalue weighted by atomic mass is 32.2. The zero-order valence-corrected chi connectivity index (χ0v) is 16.0. The van der Waals surface area contributed by atoms with Crippen molar-refractivity contribution < 1.29 is 17.9 Å². The number of amides is 1. The fraction of sp³-hybridized carbons (Fsp3) is 0.316. The van der Waals surface area contributed by atoms with Crippen LogP contribution in [0.15, 0.2) is 53.4 Å². The minimum absolute atomic E-state index is 0.131. The van der Waals surface area contributed by atoms with Gasteiger partial charge in [0.05, 0.1) is 12.0 Å². The van der Waals surface area contributed by atoms with Crippen LogP contribution in [0.1, 0.15) is 37.4 Å². The van der Waals surface area contributed by atoms with E-state index in [2.05, 4.69) is 10.0 Å². The molecule has 2 rings (SSSR count). The van der Waals surface area contributed by atoms with Crippen LogP contribution in [0.5, 0.6) is 5.75 Å². The number of carbonyl (C=O) groups is 1. The Balaban J connectivity index is 2.13. The molecule has 7 heteroatoms. The normalized spacial score (nSPS) is 12.4. The van der Waals surface area contributed by atoms with Gasteiger partial charge in [-0.25, -0.2) is 13.1 Å². The lowest BCUT2D eigenvalue weighted by Crippen LogP contribution is -2.28. The number of ether oxygens (including phenoxy) is 1. The molecule has 0 aliphatic carbocycles. The average molecular weight is 376 g/mol. The van der Waals surface area contributed by atoms with Gasteiger partial charge >= 0.3 is 0 Å². The number of hydrogen-bond donors (Lipinski definition) is 2. The van der Waals surface area contributed by atoms with Gasteiger partial charge in [0.1, 0.15) is 5.75 Å². The van der Waals surface area contributed by atoms with E-state index in [0.29, 0.717) is 13.0 Å². The van der Waals surface area contributed by atoms with Gasteiger partial charge in [0.15, 0.2) is 0 Å². The van der Waals surface area contributed by atoms with E-state index in [9.17, 15) is 13.2 Å². The molecule has 26 heavy (non-hydrogen) atoms. The highest BCUT2D eigenvalue weighted by Crippen LogP contribution is 2.22. The minimum atomic E-state index is -3.65. The third-order valence-electron chi connectivity index (χ3n) is 4.00. The number of sulfonamides is 1. The van der Waals surface area contributed by atoms with Gasteiger partial charge in [-0.2, -0.15) is 0 Å². The lowest BCUT2D eigenvalue weighted by Gasteiger charge is -2.18. The monoisotopic (exact) mass is 376 g/mol. The summed E-state index contributed by atoms with van der Waals surface area (Å²) in [6.07, 6.45) is 0.617. The van der Waals surface area contributed by atoms with Gasteiger partial charge < -0.3 is 10.1 Å². The molecule has 0 saturated carbocycles. The Hall–Kier alpha value is -2.38. The van der Waals surface area contributed by atoms with Crippen LogP contribution in [0.2, 0.25) is 0 Å². The Morgan fingerprint density at radius 3 is 2.19 bits per heavy atom. The largest absolute Gasteiger partial charge is 0.497 e. The zero-order valence-electron chi connectivity index (χ0n) is 15.2. The van der Waals surface area contributed by atoms with Gasteiger partial charge in [-0.15, -0.1) is 0 Å². The summed E-state index contributed by atoms with van der Waals surface area (Å²) in [5.74, 6) is 0.592. The standard InChI is InChI=1S/C19H24N2O4S/c1-4-19(16-7-9-17(25-3)10-8-16)21-26(23,24)18-11-5-15(6-12-18)13-20-14(2)22/h5-12,19,21H,4,13H2,1-3H3,(H,20,22)/t19-/m0/s1. The van der Waals surface area contributed by atoms with Crippen molar-refractivity contribution >= 4 is 15.9 Å². The molecule has 140 valence electrons. The number of benzene rings is 2. The number of nitrogens with one attached hydrogen (secondary N) is 2. The van der Waals surface area contributed by atoms with Crippen molar-refractivity contribution in [1.29, 1.82) is 0 Å². The fourth-order valence-corrected chi connectivity index (χ4v) is 3.80. The molecular weight excluding hydrogens is 352 g/mol. The van der Waals surface area contributed by atoms with E-state index in [1.807, 2.05) is 31.2 Å². The summed E-state index contributed by atoms with van der Waals surface area (Å²) in [5, 5.41) is 2.68. The molecule has 0 fully saturated rings. The Kier molecular flexibility index (Phi) is 6.76. The van der Waals surface area contributed by atoms with Gasteiger partial charge in [0.2, 0.25) is 15.9 Å². The van der Waals surface area contributed by atoms with E-state index >= 15 is 0 Å². The molecule has 1 atom stereocenters. The second-order valence-electron chi connectivity index (χ2n) is 5.91. The molecule has 0 saturated heterocycles. The van der Waals surface area contributed by atoms with Gasteiger partial charge in [0.25, 0.3) is 0 Å². The van der Waals surface area contributed by atoms with Crippen LogP contribution < -0.4 is 14.8 Å². The lowest BCUT2D eigenvalue weighted by molar-refractivity contribution is -0.119. The van der Waals surface area contributed by atoms with Crippen molar-refractivity contribution in [3.05, 3.63) is 59.7 Å². The molecule has 2 N–H and O–H groups in total. The average Bonchev–Trinajstić information content (AvgIpc) is 2.65. The molecule has 0 bridgehead atoms. The highest BCUT2D eigenvalue weighted by molar-refractivity contribution is 7.89. The maximum atomic E-state index is 12.7. The maximum Gasteiger partial charge on any atom is 0.241 e. The number of hydrogen-bond acceptors (Lipinski definition) is 4. The van der Waals surface area contributed by atoms with E-state index in [1.54, 1.807) is 31.4 Å². The summed E-state index contributed by atoms with van der Waals surface area (Å²) in [6, 6.07) is 13.5. The molecule has 6 nitrogen and oxygen atoms in total. The second-order valence-corrected chi connectivity index (χ2v) is 7.62. The quantitative estimate of drug-likeness (QED) is 0.742. The van der Waals surface area contributed by atoms with Crippen molar-refractivity contribution in [2.24, 2.45) is 0 Å². The van der Waals surface area contributed by atoms with E-state index in [1.165, 1.54) is 6.92 Å². The van der Waals surface area contributed by atoms with Crippen LogP contribution in [0.4, 0.5) is 0 Å². The summed E-state index contributed by atoms with van der Waals surface area (Å²) in [5.41, 5.74) is 1.71. The van der Waals surface area contributed by atoms with E-state index < -0.39 is 10.0 Å². The first-order valence-corrected chi connectivity index (χ1v) is 9.83. The van der Waals surface area contributed by atoms with E-state index in [4.69, 9.17) is 4.74 Å². The molecule has 0 spiro atoms. The molecule has 0 heterocycles. The molecule has 2 aromatic rings. The van der Waals surface area contributed by atoms with E-state index in [0.717, 1.165) is 16.9 Å². The Morgan fingerprint density at radius 1 is 1.08 bits per heavy atom. The Morgan fingerprint density at radius 2 is 1.69 bits per heavy atom. The fourth-order valence-electron chi connectivity index (χ4n) is 2.49. The summed E-state index contributed by atoms with van der Waals surface area (Å²) < 4.78 is 33.2. The molecule has 0 aliphatic rings. The summed E-state index contributed by atoms with van der Waals surface area (Å²) in [4.78, 5) is 11.1. The van der Waals surface area contributed by atoms with E-state index in [-0.39, 0.29) is 16.8 Å². The van der Waals surface area contributed by atoms with Crippen molar-refractivity contribution in [3.8, 4) is 5.75 Å². The first-order valence-electron chi connectivity index (χ1n) is 8.35. The summed E-state index contributed by atoms with van der Waals surface area (Å²) >= 11 is 0. The number of rotatable bonds is 8. The predicted molar refractivity (Wildman–Crippen MR) is 100 cm³/mol. The van der Waals surface area contributed by atoms with Crippen LogP contribution in [-0.2, 0) is 21.4 Å². The molecule has 2 aromatic carbocycles. The first-order chi connectivity index (χ1) is 12.4. The highest BCUT2D eigenvalue weighted by Gasteiger charge is 2.20. The third kappa shape index (κ3) is 5.31. The predicted octanol–water partition coefficient (Wildman–Crippen LogP) is 2.76. The van der Waals surface area contributed by atoms with Gasteiger partial charge in [-0.05, 0) is 41.8 Å². The smallest absolute Gasteiger partial charge is 0.241 e. The van der Waals surface area contributed by atoms with Crippen LogP contribution in [0.25, 0.3) is 0 Å². The van der Waals surface area contributed by atoms with Crippen molar-refractivity contribution in [1.82, 2.24) is 10.0 Å². The maximum absolute atomic E-state index is 12.7. The molecule has 1 amide bonds. The van der Waals surface area contributed by atoms with Crippen LogP contribution >= 0.6 is 0 Å². The molecule has 0 unspecified atom stereocenters. The molecule has 0 aromatic heterocycles. The topological polar surface area (TPSA) is 84.5 Å². The van der Waals surface area contributed by atoms with Crippen molar-refractivity contribution in [3.63, 3.8) is 0 Å². The molecule has 0 aliphatic heterocycles. The van der Waals surface area contributed by atoms with Gasteiger partial charge in [-0.3, -0.25) is 4.79 Å². The van der Waals surface area contributed by atoms with Gasteiger partial charge in [0, 0.05) is 19.5 Å². The van der Waals surface area contributed by atoms with Crippen LogP contribution in [0.3, 0.4) is 0 Å². The number of methoxy groups -OCH3 is 1. The number of carbonyl (C=O) groups excluding carboxylic acids is 1. The van der Waals surface area contributed by atoms with Crippen LogP contribution in [-0.4, -0.2) is 21.4 Å². The minimum Gasteiger partial charge on any atom is -0.497 e. The second kappa shape index (κ2) is 8.82. The van der Waals surface area contributed by atoms with Gasteiger partial charge in [-0.1, -0.05) is 31.2 Å². The lowest BCUT2D eigenvalue weighted by atomic mass is 10.1. The molecular formula is C19H24N2O4S. The Labute approximate surface area is 154 Å². The SMILES string of the molecule is CC[C@H](NS(=O)(=O)c1ccc(CNC(C)=O)cc1)c1ccc(OC)cc1. The first kappa shape index (κ1) is 19.9. The third-order valence-corrected chi connectivity index (χ3v) is 5.49. The zero-order chi connectivity index (χ0) is 19.2. The Bertz CT molecular complexity index is 831. The molecule has 0 radical (unpaired) electrons.